The van der Waals surface area contributed by atoms with Crippen LogP contribution in [0.25, 0.3) is 0 Å². The van der Waals surface area contributed by atoms with Gasteiger partial charge < -0.3 is 0 Å². The van der Waals surface area contributed by atoms with Crippen molar-refractivity contribution in [3.05, 3.63) is 35.1 Å². The molecule has 1 fully saturated rings. The maximum Gasteiger partial charge on any atom is 0.194 e. The fourth-order valence-corrected chi connectivity index (χ4v) is 3.83. The molecule has 0 atom stereocenters. The standard InChI is InChI=1S/C20H29F3/c1-2-3-4-5-6-7-8-15-9-11-16(12-10-15)17-13-14-18(21)20(23)19(17)22/h13-16H,2-12H2,1H3/t15-,16-. The molecule has 130 valence electrons. The van der Waals surface area contributed by atoms with E-state index in [2.05, 4.69) is 6.92 Å². The van der Waals surface area contributed by atoms with Gasteiger partial charge in [-0.2, -0.15) is 0 Å². The van der Waals surface area contributed by atoms with Gasteiger partial charge in [-0.15, -0.1) is 0 Å². The summed E-state index contributed by atoms with van der Waals surface area (Å²) in [6.45, 7) is 2.23. The van der Waals surface area contributed by atoms with E-state index < -0.39 is 17.5 Å². The largest absolute Gasteiger partial charge is 0.204 e. The second kappa shape index (κ2) is 9.34. The van der Waals surface area contributed by atoms with Gasteiger partial charge in [-0.1, -0.05) is 57.9 Å². The molecule has 3 heteroatoms. The molecule has 2 rings (SSSR count). The van der Waals surface area contributed by atoms with E-state index in [1.165, 1.54) is 51.0 Å². The third-order valence-electron chi connectivity index (χ3n) is 5.32. The molecule has 0 aromatic heterocycles. The van der Waals surface area contributed by atoms with Crippen LogP contribution in [0.4, 0.5) is 13.2 Å². The Morgan fingerprint density at radius 2 is 1.48 bits per heavy atom. The van der Waals surface area contributed by atoms with Gasteiger partial charge in [0.2, 0.25) is 0 Å². The van der Waals surface area contributed by atoms with Crippen molar-refractivity contribution >= 4 is 0 Å². The van der Waals surface area contributed by atoms with E-state index in [-0.39, 0.29) is 5.92 Å². The summed E-state index contributed by atoms with van der Waals surface area (Å²) in [6, 6.07) is 2.47. The lowest BCUT2D eigenvalue weighted by Gasteiger charge is -2.29. The Morgan fingerprint density at radius 1 is 0.826 bits per heavy atom. The summed E-state index contributed by atoms with van der Waals surface area (Å²) in [5.41, 5.74) is 0.363. The zero-order valence-electron chi connectivity index (χ0n) is 14.2. The third-order valence-corrected chi connectivity index (χ3v) is 5.32. The lowest BCUT2D eigenvalue weighted by atomic mass is 9.77. The number of unbranched alkanes of at least 4 members (excludes halogenated alkanes) is 5. The zero-order valence-corrected chi connectivity index (χ0v) is 14.2. The van der Waals surface area contributed by atoms with Crippen molar-refractivity contribution in [1.29, 1.82) is 0 Å². The van der Waals surface area contributed by atoms with Gasteiger partial charge in [0, 0.05) is 0 Å². The number of rotatable bonds is 8. The number of hydrogen-bond donors (Lipinski definition) is 0. The average Bonchev–Trinajstić information content (AvgIpc) is 2.57. The molecule has 0 nitrogen and oxygen atoms in total. The third kappa shape index (κ3) is 5.26. The van der Waals surface area contributed by atoms with E-state index in [4.69, 9.17) is 0 Å². The number of hydrogen-bond acceptors (Lipinski definition) is 0. The summed E-state index contributed by atoms with van der Waals surface area (Å²) in [7, 11) is 0. The van der Waals surface area contributed by atoms with E-state index in [1.807, 2.05) is 0 Å². The summed E-state index contributed by atoms with van der Waals surface area (Å²) in [5, 5.41) is 0. The molecule has 0 aliphatic heterocycles. The SMILES string of the molecule is CCCCCCCC[C@H]1CC[C@H](c2ccc(F)c(F)c2F)CC1. The molecule has 0 N–H and O–H groups in total. The zero-order chi connectivity index (χ0) is 16.7. The minimum Gasteiger partial charge on any atom is -0.204 e. The maximum atomic E-state index is 13.9. The molecule has 1 aromatic carbocycles. The van der Waals surface area contributed by atoms with Crippen LogP contribution in [-0.2, 0) is 0 Å². The van der Waals surface area contributed by atoms with Crippen LogP contribution in [0.3, 0.4) is 0 Å². The molecule has 0 saturated heterocycles. The van der Waals surface area contributed by atoms with Crippen molar-refractivity contribution in [2.75, 3.05) is 0 Å². The van der Waals surface area contributed by atoms with Crippen molar-refractivity contribution in [3.8, 4) is 0 Å². The van der Waals surface area contributed by atoms with Gasteiger partial charge in [-0.05, 0) is 49.1 Å². The molecule has 0 unspecified atom stereocenters. The van der Waals surface area contributed by atoms with Gasteiger partial charge in [0.25, 0.3) is 0 Å². The summed E-state index contributed by atoms with van der Waals surface area (Å²) in [5.74, 6) is -2.62. The Kier molecular flexibility index (Phi) is 7.45. The van der Waals surface area contributed by atoms with E-state index in [1.54, 1.807) is 0 Å². The van der Waals surface area contributed by atoms with Crippen LogP contribution >= 0.6 is 0 Å². The smallest absolute Gasteiger partial charge is 0.194 e. The van der Waals surface area contributed by atoms with Gasteiger partial charge in [0.1, 0.15) is 0 Å². The first-order valence-corrected chi connectivity index (χ1v) is 9.26. The van der Waals surface area contributed by atoms with E-state index in [9.17, 15) is 13.2 Å². The summed E-state index contributed by atoms with van der Waals surface area (Å²) >= 11 is 0. The van der Waals surface area contributed by atoms with Crippen molar-refractivity contribution in [2.45, 2.75) is 83.5 Å². The molecule has 1 saturated carbocycles. The van der Waals surface area contributed by atoms with Crippen LogP contribution in [0.15, 0.2) is 12.1 Å². The Hall–Kier alpha value is -0.990. The van der Waals surface area contributed by atoms with Crippen LogP contribution in [0, 0.1) is 23.4 Å². The van der Waals surface area contributed by atoms with Crippen molar-refractivity contribution in [1.82, 2.24) is 0 Å². The normalized spacial score (nSPS) is 21.6. The van der Waals surface area contributed by atoms with E-state index >= 15 is 0 Å². The van der Waals surface area contributed by atoms with Crippen molar-refractivity contribution in [2.24, 2.45) is 5.92 Å². The van der Waals surface area contributed by atoms with Gasteiger partial charge in [0.05, 0.1) is 0 Å². The van der Waals surface area contributed by atoms with Crippen molar-refractivity contribution in [3.63, 3.8) is 0 Å². The first kappa shape index (κ1) is 18.4. The molecule has 23 heavy (non-hydrogen) atoms. The quantitative estimate of drug-likeness (QED) is 0.352. The molecule has 0 radical (unpaired) electrons. The highest BCUT2D eigenvalue weighted by Crippen LogP contribution is 2.39. The number of benzene rings is 1. The van der Waals surface area contributed by atoms with Crippen molar-refractivity contribution < 1.29 is 13.2 Å². The fraction of sp³-hybridized carbons (Fsp3) is 0.700. The predicted octanol–water partition coefficient (Wildman–Crippen LogP) is 7.13. The summed E-state index contributed by atoms with van der Waals surface area (Å²) in [6.07, 6.45) is 13.1. The molecular weight excluding hydrogens is 297 g/mol. The van der Waals surface area contributed by atoms with Gasteiger partial charge in [-0.25, -0.2) is 13.2 Å². The second-order valence-corrected chi connectivity index (χ2v) is 7.04. The van der Waals surface area contributed by atoms with Gasteiger partial charge >= 0.3 is 0 Å². The molecule has 0 spiro atoms. The Balaban J connectivity index is 1.73. The predicted molar refractivity (Wildman–Crippen MR) is 89.0 cm³/mol. The van der Waals surface area contributed by atoms with E-state index in [0.717, 1.165) is 37.7 Å². The molecule has 0 heterocycles. The highest BCUT2D eigenvalue weighted by atomic mass is 19.2. The molecular formula is C20H29F3. The lowest BCUT2D eigenvalue weighted by Crippen LogP contribution is -2.15. The minimum absolute atomic E-state index is 0.0471. The van der Waals surface area contributed by atoms with Gasteiger partial charge in [-0.3, -0.25) is 0 Å². The minimum atomic E-state index is -1.32. The monoisotopic (exact) mass is 326 g/mol. The van der Waals surface area contributed by atoms with Gasteiger partial charge in [0.15, 0.2) is 17.5 Å². The Morgan fingerprint density at radius 3 is 2.17 bits per heavy atom. The number of halogens is 3. The first-order valence-electron chi connectivity index (χ1n) is 9.26. The molecule has 1 aromatic rings. The Bertz CT molecular complexity index is 476. The highest BCUT2D eigenvalue weighted by molar-refractivity contribution is 5.24. The summed E-state index contributed by atoms with van der Waals surface area (Å²) in [4.78, 5) is 0. The van der Waals surface area contributed by atoms with Crippen LogP contribution in [0.2, 0.25) is 0 Å². The van der Waals surface area contributed by atoms with E-state index in [0.29, 0.717) is 5.56 Å². The molecule has 0 amide bonds. The highest BCUT2D eigenvalue weighted by Gasteiger charge is 2.26. The van der Waals surface area contributed by atoms with Crippen LogP contribution < -0.4 is 0 Å². The van der Waals surface area contributed by atoms with Crippen LogP contribution in [0.5, 0.6) is 0 Å². The lowest BCUT2D eigenvalue weighted by molar-refractivity contribution is 0.296. The molecule has 1 aliphatic carbocycles. The van der Waals surface area contributed by atoms with Crippen LogP contribution in [0.1, 0.15) is 89.0 Å². The summed E-state index contributed by atoms with van der Waals surface area (Å²) < 4.78 is 40.3. The first-order chi connectivity index (χ1) is 11.1. The molecule has 0 bridgehead atoms. The Labute approximate surface area is 138 Å². The maximum absolute atomic E-state index is 13.9. The fourth-order valence-electron chi connectivity index (χ4n) is 3.83. The topological polar surface area (TPSA) is 0 Å². The molecule has 1 aliphatic rings. The van der Waals surface area contributed by atoms with Crippen LogP contribution in [-0.4, -0.2) is 0 Å². The average molecular weight is 326 g/mol. The second-order valence-electron chi connectivity index (χ2n) is 7.04.